The van der Waals surface area contributed by atoms with Crippen LogP contribution in [0, 0.1) is 5.92 Å². The van der Waals surface area contributed by atoms with Crippen molar-refractivity contribution in [3.63, 3.8) is 0 Å². The highest BCUT2D eigenvalue weighted by molar-refractivity contribution is 5.65. The van der Waals surface area contributed by atoms with Crippen molar-refractivity contribution in [2.75, 3.05) is 5.73 Å². The van der Waals surface area contributed by atoms with Gasteiger partial charge in [-0.15, -0.1) is 0 Å². The van der Waals surface area contributed by atoms with Gasteiger partial charge in [0.25, 0.3) is 0 Å². The van der Waals surface area contributed by atoms with Gasteiger partial charge in [-0.2, -0.15) is 10.2 Å². The zero-order valence-corrected chi connectivity index (χ0v) is 10.8. The van der Waals surface area contributed by atoms with E-state index in [9.17, 15) is 0 Å². The first-order valence-corrected chi connectivity index (χ1v) is 5.80. The van der Waals surface area contributed by atoms with Gasteiger partial charge in [-0.05, 0) is 18.4 Å². The Hall–Kier alpha value is -1.78. The van der Waals surface area contributed by atoms with E-state index in [0.29, 0.717) is 5.92 Å². The minimum Gasteiger partial charge on any atom is -0.384 e. The van der Waals surface area contributed by atoms with Crippen LogP contribution < -0.4 is 5.73 Å². The maximum absolute atomic E-state index is 6.06. The maximum atomic E-state index is 6.06. The molecular weight excluding hydrogens is 214 g/mol. The molecule has 2 N–H and O–H groups in total. The van der Waals surface area contributed by atoms with Gasteiger partial charge in [0.2, 0.25) is 0 Å². The van der Waals surface area contributed by atoms with Crippen molar-refractivity contribution in [3.8, 4) is 11.4 Å². The summed E-state index contributed by atoms with van der Waals surface area (Å²) in [5.41, 5.74) is 8.95. The summed E-state index contributed by atoms with van der Waals surface area (Å²) in [4.78, 5) is 0. The Kier molecular flexibility index (Phi) is 2.92. The van der Waals surface area contributed by atoms with Crippen molar-refractivity contribution < 1.29 is 0 Å². The van der Waals surface area contributed by atoms with E-state index in [-0.39, 0.29) is 0 Å². The summed E-state index contributed by atoms with van der Waals surface area (Å²) in [6.45, 7) is 4.35. The van der Waals surface area contributed by atoms with Gasteiger partial charge >= 0.3 is 0 Å². The van der Waals surface area contributed by atoms with Crippen molar-refractivity contribution in [1.82, 2.24) is 19.6 Å². The van der Waals surface area contributed by atoms with E-state index in [1.807, 2.05) is 26.4 Å². The lowest BCUT2D eigenvalue weighted by atomic mass is 10.0. The second kappa shape index (κ2) is 4.24. The molecule has 2 aromatic rings. The number of aromatic nitrogens is 4. The van der Waals surface area contributed by atoms with Gasteiger partial charge in [-0.1, -0.05) is 13.8 Å². The van der Waals surface area contributed by atoms with Crippen LogP contribution in [0.15, 0.2) is 12.3 Å². The minimum absolute atomic E-state index is 0.545. The SMILES string of the molecule is CC(C)Cc1c(-c2ccn(C)n2)nn(C)c1N. The van der Waals surface area contributed by atoms with E-state index in [4.69, 9.17) is 5.73 Å². The third-order valence-electron chi connectivity index (χ3n) is 2.76. The molecule has 0 unspecified atom stereocenters. The molecule has 0 aliphatic rings. The molecule has 0 radical (unpaired) electrons. The number of nitrogens with zero attached hydrogens (tertiary/aromatic N) is 4. The highest BCUT2D eigenvalue weighted by Gasteiger charge is 2.17. The second-order valence-corrected chi connectivity index (χ2v) is 4.81. The molecule has 92 valence electrons. The molecule has 0 saturated heterocycles. The van der Waals surface area contributed by atoms with Crippen molar-refractivity contribution in [1.29, 1.82) is 0 Å². The topological polar surface area (TPSA) is 61.7 Å². The van der Waals surface area contributed by atoms with E-state index in [0.717, 1.165) is 29.2 Å². The van der Waals surface area contributed by atoms with Crippen LogP contribution in [0.1, 0.15) is 19.4 Å². The Morgan fingerprint density at radius 2 is 2.00 bits per heavy atom. The summed E-state index contributed by atoms with van der Waals surface area (Å²) in [5.74, 6) is 1.28. The molecule has 17 heavy (non-hydrogen) atoms. The molecule has 2 heterocycles. The number of nitrogens with two attached hydrogens (primary N) is 1. The van der Waals surface area contributed by atoms with Crippen molar-refractivity contribution in [2.24, 2.45) is 20.0 Å². The second-order valence-electron chi connectivity index (χ2n) is 4.81. The zero-order chi connectivity index (χ0) is 12.6. The molecule has 2 aromatic heterocycles. The number of hydrogen-bond acceptors (Lipinski definition) is 3. The largest absolute Gasteiger partial charge is 0.384 e. The van der Waals surface area contributed by atoms with Crippen molar-refractivity contribution in [3.05, 3.63) is 17.8 Å². The van der Waals surface area contributed by atoms with E-state index in [1.54, 1.807) is 9.36 Å². The van der Waals surface area contributed by atoms with Gasteiger partial charge in [-0.25, -0.2) is 0 Å². The number of anilines is 1. The highest BCUT2D eigenvalue weighted by atomic mass is 15.3. The predicted molar refractivity (Wildman–Crippen MR) is 68.4 cm³/mol. The Bertz CT molecular complexity index is 521. The number of aryl methyl sites for hydroxylation is 2. The molecule has 0 aliphatic heterocycles. The number of hydrogen-bond donors (Lipinski definition) is 1. The van der Waals surface area contributed by atoms with Crippen LogP contribution in [-0.4, -0.2) is 19.6 Å². The average molecular weight is 233 g/mol. The fourth-order valence-electron chi connectivity index (χ4n) is 1.94. The van der Waals surface area contributed by atoms with E-state index < -0.39 is 0 Å². The predicted octanol–water partition coefficient (Wildman–Crippen LogP) is 1.60. The molecule has 5 heteroatoms. The lowest BCUT2D eigenvalue weighted by molar-refractivity contribution is 0.648. The first kappa shape index (κ1) is 11.7. The summed E-state index contributed by atoms with van der Waals surface area (Å²) in [6, 6.07) is 1.96. The molecule has 0 spiro atoms. The molecule has 0 aliphatic carbocycles. The summed E-state index contributed by atoms with van der Waals surface area (Å²) >= 11 is 0. The quantitative estimate of drug-likeness (QED) is 0.876. The normalized spacial score (nSPS) is 11.4. The van der Waals surface area contributed by atoms with E-state index in [1.165, 1.54) is 0 Å². The van der Waals surface area contributed by atoms with Crippen LogP contribution in [0.4, 0.5) is 5.82 Å². The molecule has 0 bridgehead atoms. The monoisotopic (exact) mass is 233 g/mol. The highest BCUT2D eigenvalue weighted by Crippen LogP contribution is 2.27. The molecule has 0 atom stereocenters. The van der Waals surface area contributed by atoms with Gasteiger partial charge in [0.1, 0.15) is 17.2 Å². The summed E-state index contributed by atoms with van der Waals surface area (Å²) in [5, 5.41) is 8.85. The minimum atomic E-state index is 0.545. The average Bonchev–Trinajstić information content (AvgIpc) is 2.77. The molecule has 0 fully saturated rings. The van der Waals surface area contributed by atoms with Gasteiger partial charge in [0.15, 0.2) is 0 Å². The fraction of sp³-hybridized carbons (Fsp3) is 0.500. The van der Waals surface area contributed by atoms with E-state index in [2.05, 4.69) is 24.0 Å². The first-order chi connectivity index (χ1) is 7.99. The molecule has 5 nitrogen and oxygen atoms in total. The van der Waals surface area contributed by atoms with Gasteiger partial charge in [0.05, 0.1) is 0 Å². The fourth-order valence-corrected chi connectivity index (χ4v) is 1.94. The van der Waals surface area contributed by atoms with Gasteiger partial charge in [-0.3, -0.25) is 9.36 Å². The van der Waals surface area contributed by atoms with Crippen molar-refractivity contribution >= 4 is 5.82 Å². The Labute approximate surface area is 101 Å². The Balaban J connectivity index is 2.49. The lowest BCUT2D eigenvalue weighted by Crippen LogP contribution is -2.02. The van der Waals surface area contributed by atoms with Crippen LogP contribution in [0.3, 0.4) is 0 Å². The molecule has 0 amide bonds. The van der Waals surface area contributed by atoms with Crippen LogP contribution in [0.25, 0.3) is 11.4 Å². The standard InChI is InChI=1S/C12H19N5/c1-8(2)7-9-11(15-17(4)12(9)13)10-5-6-16(3)14-10/h5-6,8H,7,13H2,1-4H3. The van der Waals surface area contributed by atoms with Gasteiger partial charge in [0, 0.05) is 25.9 Å². The van der Waals surface area contributed by atoms with Crippen LogP contribution in [0.2, 0.25) is 0 Å². The number of rotatable bonds is 3. The van der Waals surface area contributed by atoms with Crippen LogP contribution in [-0.2, 0) is 20.5 Å². The molecular formula is C12H19N5. The van der Waals surface area contributed by atoms with E-state index >= 15 is 0 Å². The van der Waals surface area contributed by atoms with Crippen LogP contribution >= 0.6 is 0 Å². The summed E-state index contributed by atoms with van der Waals surface area (Å²) < 4.78 is 3.50. The summed E-state index contributed by atoms with van der Waals surface area (Å²) in [7, 11) is 3.77. The Morgan fingerprint density at radius 3 is 2.53 bits per heavy atom. The smallest absolute Gasteiger partial charge is 0.125 e. The molecule has 0 saturated carbocycles. The lowest BCUT2D eigenvalue weighted by Gasteiger charge is -2.05. The first-order valence-electron chi connectivity index (χ1n) is 5.80. The third kappa shape index (κ3) is 2.18. The van der Waals surface area contributed by atoms with Gasteiger partial charge < -0.3 is 5.73 Å². The zero-order valence-electron chi connectivity index (χ0n) is 10.8. The maximum Gasteiger partial charge on any atom is 0.125 e. The molecule has 0 aromatic carbocycles. The van der Waals surface area contributed by atoms with Crippen LogP contribution in [0.5, 0.6) is 0 Å². The number of nitrogen functional groups attached to an aromatic ring is 1. The van der Waals surface area contributed by atoms with Crippen molar-refractivity contribution in [2.45, 2.75) is 20.3 Å². The Morgan fingerprint density at radius 1 is 1.29 bits per heavy atom. The third-order valence-corrected chi connectivity index (χ3v) is 2.76. The summed E-state index contributed by atoms with van der Waals surface area (Å²) in [6.07, 6.45) is 2.84. The molecule has 2 rings (SSSR count).